The fourth-order valence-electron chi connectivity index (χ4n) is 20.0. The molecule has 13 aromatic heterocycles. The van der Waals surface area contributed by atoms with Gasteiger partial charge in [-0.1, -0.05) is 317 Å². The van der Waals surface area contributed by atoms with Crippen LogP contribution in [-0.4, -0.2) is 54.4 Å². The molecular formula is C123H71Cl4N11S7. The summed E-state index contributed by atoms with van der Waals surface area (Å²) in [7, 11) is 0. The first kappa shape index (κ1) is 89.7. The topological polar surface area (TPSA) is 134 Å². The summed E-state index contributed by atoms with van der Waals surface area (Å²) in [6, 6.07) is 143. The average molecular weight is 2070 g/mol. The van der Waals surface area contributed by atoms with E-state index in [1.807, 2.05) is 53.0 Å². The minimum atomic E-state index is 0. The molecule has 0 fully saturated rings. The molecule has 0 atom stereocenters. The van der Waals surface area contributed by atoms with Crippen molar-refractivity contribution in [1.82, 2.24) is 54.4 Å². The second-order valence-electron chi connectivity index (χ2n) is 34.8. The molecule has 0 aliphatic carbocycles. The number of aromatic nitrogens is 11. The summed E-state index contributed by atoms with van der Waals surface area (Å²) < 4.78 is 14.6. The molecule has 0 aliphatic heterocycles. The normalized spacial score (nSPS) is 11.7. The van der Waals surface area contributed by atoms with Crippen molar-refractivity contribution >= 4 is 289 Å². The van der Waals surface area contributed by atoms with Gasteiger partial charge in [-0.2, -0.15) is 0 Å². The molecule has 17 aromatic carbocycles. The fraction of sp³-hybridized carbons (Fsp3) is 0.00813. The van der Waals surface area contributed by atoms with Gasteiger partial charge in [-0.3, -0.25) is 0 Å². The monoisotopic (exact) mass is 2070 g/mol. The molecule has 0 radical (unpaired) electrons. The van der Waals surface area contributed by atoms with Gasteiger partial charge in [0.05, 0.1) is 49.7 Å². The molecule has 0 aliphatic rings. The van der Waals surface area contributed by atoms with Crippen molar-refractivity contribution in [1.29, 1.82) is 0 Å². The highest BCUT2D eigenvalue weighted by atomic mass is 35.5. The number of halogens is 4. The van der Waals surface area contributed by atoms with Gasteiger partial charge in [0.2, 0.25) is 21.1 Å². The molecule has 30 rings (SSSR count). The number of para-hydroxylation sites is 2. The van der Waals surface area contributed by atoms with Crippen LogP contribution in [0.2, 0.25) is 21.1 Å². The van der Waals surface area contributed by atoms with Crippen molar-refractivity contribution in [3.8, 4) is 107 Å². The van der Waals surface area contributed by atoms with Crippen LogP contribution in [0.15, 0.2) is 406 Å². The molecule has 0 unspecified atom stereocenters. The zero-order valence-electron chi connectivity index (χ0n) is 75.5. The van der Waals surface area contributed by atoms with Crippen molar-refractivity contribution < 1.29 is 0 Å². The maximum atomic E-state index is 6.41. The fourth-order valence-corrected chi connectivity index (χ4v) is 28.7. The molecule has 688 valence electrons. The Hall–Kier alpha value is -15.4. The standard InChI is InChI=1S/C34H20ClN3S.C32H17ClN4S2.2C28H15ClN2S2.CH4/c35-34-36-32(31-26-14-5-7-16-30(26)39-33(31)37-34)23-10-8-9-21(19-23)22-17-18-29-27(20-22)25-13-4-6-15-28(25)38(29)24-11-2-1-3-12-24;33-32-36-26(25-21-10-4-6-12-23(21)39-31(25)37-32)18-14-16-19(17-15-18)27-29-28(22-11-5-7-13-24(22)38-29)35-30(34-27)20-8-2-1-3-9-20;29-28-30-25(24-21-10-2-4-14-23(21)33-27(24)31-28)17-8-5-7-16(15-17)18-11-6-12-20-19-9-1-3-13-22(19)32-26(18)20;29-28-30-26(25-20-10-2-4-13-22(20)33-27(25)31-28)17-8-5-7-16(15-17)18-11-6-14-23-24(18)19-9-1-3-12-21(19)32-23;/h1-20H;1-17H;2*1-15H;1H4. The Morgan fingerprint density at radius 2 is 0.517 bits per heavy atom. The van der Waals surface area contributed by atoms with E-state index < -0.39 is 0 Å². The van der Waals surface area contributed by atoms with E-state index >= 15 is 0 Å². The first-order valence-corrected chi connectivity index (χ1v) is 53.7. The lowest BCUT2D eigenvalue weighted by atomic mass is 9.96. The summed E-state index contributed by atoms with van der Waals surface area (Å²) in [5.41, 5.74) is 22.2. The molecule has 145 heavy (non-hydrogen) atoms. The second kappa shape index (κ2) is 37.4. The molecular weight excluding hydrogens is 2000 g/mol. The van der Waals surface area contributed by atoms with Crippen LogP contribution in [0.3, 0.4) is 0 Å². The van der Waals surface area contributed by atoms with E-state index in [9.17, 15) is 0 Å². The number of hydrogen-bond donors (Lipinski definition) is 0. The quantitative estimate of drug-likeness (QED) is 0.122. The molecule has 22 heteroatoms. The van der Waals surface area contributed by atoms with Gasteiger partial charge in [0.25, 0.3) is 0 Å². The minimum absolute atomic E-state index is 0. The average Bonchev–Trinajstić information content (AvgIpc) is 1.60. The van der Waals surface area contributed by atoms with Gasteiger partial charge in [-0.25, -0.2) is 49.8 Å². The predicted molar refractivity (Wildman–Crippen MR) is 624 cm³/mol. The molecule has 11 nitrogen and oxygen atoms in total. The molecule has 0 spiro atoms. The van der Waals surface area contributed by atoms with E-state index in [0.717, 1.165) is 152 Å². The van der Waals surface area contributed by atoms with Crippen molar-refractivity contribution in [3.63, 3.8) is 0 Å². The van der Waals surface area contributed by atoms with E-state index in [0.29, 0.717) is 0 Å². The zero-order valence-corrected chi connectivity index (χ0v) is 84.2. The van der Waals surface area contributed by atoms with Gasteiger partial charge in [0.1, 0.15) is 19.3 Å². The minimum Gasteiger partial charge on any atom is -0.309 e. The lowest BCUT2D eigenvalue weighted by Crippen LogP contribution is -1.94. The highest BCUT2D eigenvalue weighted by molar-refractivity contribution is 7.28. The number of benzene rings is 17. The smallest absolute Gasteiger partial charge is 0.224 e. The lowest BCUT2D eigenvalue weighted by Gasteiger charge is -2.09. The van der Waals surface area contributed by atoms with Gasteiger partial charge in [-0.15, -0.1) is 79.4 Å². The number of rotatable bonds is 10. The summed E-state index contributed by atoms with van der Waals surface area (Å²) in [5.74, 6) is 0.722. The zero-order chi connectivity index (χ0) is 95.7. The second-order valence-corrected chi connectivity index (χ2v) is 43.5. The summed E-state index contributed by atoms with van der Waals surface area (Å²) in [6.07, 6.45) is 0. The molecule has 0 saturated carbocycles. The van der Waals surface area contributed by atoms with Crippen LogP contribution in [0.4, 0.5) is 0 Å². The third kappa shape index (κ3) is 16.1. The van der Waals surface area contributed by atoms with Crippen LogP contribution in [0.1, 0.15) is 7.43 Å². The predicted octanol–water partition coefficient (Wildman–Crippen LogP) is 38.6. The maximum Gasteiger partial charge on any atom is 0.224 e. The van der Waals surface area contributed by atoms with Gasteiger partial charge in [-0.05, 0) is 177 Å². The van der Waals surface area contributed by atoms with Gasteiger partial charge >= 0.3 is 0 Å². The number of nitrogens with zero attached hydrogens (tertiary/aromatic N) is 11. The van der Waals surface area contributed by atoms with E-state index in [4.69, 9.17) is 66.3 Å². The van der Waals surface area contributed by atoms with Crippen molar-refractivity contribution in [3.05, 3.63) is 428 Å². The van der Waals surface area contributed by atoms with Gasteiger partial charge in [0, 0.05) is 162 Å². The molecule has 0 bridgehead atoms. The largest absolute Gasteiger partial charge is 0.309 e. The first-order chi connectivity index (χ1) is 71.0. The Balaban J connectivity index is 0.0000000985. The molecule has 30 aromatic rings. The summed E-state index contributed by atoms with van der Waals surface area (Å²) in [4.78, 5) is 50.6. The Bertz CT molecular complexity index is 10400. The number of fused-ring (bicyclic) bond motifs is 24. The number of thiophene rings is 7. The summed E-state index contributed by atoms with van der Waals surface area (Å²) >= 11 is 37.6. The Labute approximate surface area is 877 Å². The van der Waals surface area contributed by atoms with E-state index in [2.05, 4.69) is 411 Å². The van der Waals surface area contributed by atoms with E-state index in [1.54, 1.807) is 56.7 Å². The summed E-state index contributed by atoms with van der Waals surface area (Å²) in [5, 5.41) is 18.8. The highest BCUT2D eigenvalue weighted by Gasteiger charge is 2.26. The highest BCUT2D eigenvalue weighted by Crippen LogP contribution is 2.50. The third-order valence-corrected chi connectivity index (χ3v) is 34.8. The Morgan fingerprint density at radius 3 is 1.03 bits per heavy atom. The Kier molecular flexibility index (Phi) is 23.2. The molecule has 0 N–H and O–H groups in total. The SMILES string of the molecule is C.Clc1nc(-c2ccc(-c3nc(-c4ccccc4)nc4c3sc3ccccc34)cc2)c2c(n1)sc1ccccc12.Clc1nc(-c2cccc(-c3ccc4c(c3)c3ccccc3n4-c3ccccc3)c2)c2c(n1)sc1ccccc12.Clc1nc(-c2cccc(-c3cccc4c3sc3ccccc34)c2)c2c(n1)sc1ccccc12.Clc1nc(-c2cccc(-c3cccc4sc5ccccc5c34)c2)c2c(n1)sc1ccccc12. The summed E-state index contributed by atoms with van der Waals surface area (Å²) in [6.45, 7) is 0. The molecule has 0 saturated heterocycles. The third-order valence-electron chi connectivity index (χ3n) is 26.4. The first-order valence-electron chi connectivity index (χ1n) is 46.5. The molecule has 0 amide bonds. The van der Waals surface area contributed by atoms with E-state index in [1.165, 1.54) is 119 Å². The van der Waals surface area contributed by atoms with Gasteiger partial charge in [0.15, 0.2) is 5.82 Å². The van der Waals surface area contributed by atoms with Crippen LogP contribution in [0, 0.1) is 0 Å². The Morgan fingerprint density at radius 1 is 0.186 bits per heavy atom. The van der Waals surface area contributed by atoms with Gasteiger partial charge < -0.3 is 4.57 Å². The lowest BCUT2D eigenvalue weighted by molar-refractivity contribution is 1.18. The molecule has 13 heterocycles. The van der Waals surface area contributed by atoms with Crippen LogP contribution in [-0.2, 0) is 0 Å². The van der Waals surface area contributed by atoms with Crippen molar-refractivity contribution in [2.75, 3.05) is 0 Å². The van der Waals surface area contributed by atoms with Crippen LogP contribution in [0.5, 0.6) is 0 Å². The number of hydrogen-bond acceptors (Lipinski definition) is 17. The van der Waals surface area contributed by atoms with Crippen LogP contribution >= 0.6 is 126 Å². The van der Waals surface area contributed by atoms with Crippen LogP contribution in [0.25, 0.3) is 270 Å². The maximum absolute atomic E-state index is 6.41. The van der Waals surface area contributed by atoms with E-state index in [-0.39, 0.29) is 28.6 Å². The van der Waals surface area contributed by atoms with Crippen LogP contribution < -0.4 is 0 Å². The van der Waals surface area contributed by atoms with Crippen molar-refractivity contribution in [2.24, 2.45) is 0 Å². The van der Waals surface area contributed by atoms with Crippen molar-refractivity contribution in [2.45, 2.75) is 7.43 Å².